The summed E-state index contributed by atoms with van der Waals surface area (Å²) in [5.74, 6) is 0.0961. The third kappa shape index (κ3) is 5.20. The highest BCUT2D eigenvalue weighted by Crippen LogP contribution is 2.21. The minimum atomic E-state index is 0.0961. The number of aryl methyl sites for hydroxylation is 1. The first-order valence-corrected chi connectivity index (χ1v) is 11.6. The van der Waals surface area contributed by atoms with Crippen molar-refractivity contribution < 1.29 is 4.79 Å². The Balaban J connectivity index is 1.37. The van der Waals surface area contributed by atoms with E-state index < -0.39 is 0 Å². The molecule has 3 aromatic rings. The fourth-order valence-electron chi connectivity index (χ4n) is 3.99. The van der Waals surface area contributed by atoms with Crippen LogP contribution in [0.1, 0.15) is 32.9 Å². The van der Waals surface area contributed by atoms with Crippen LogP contribution < -0.4 is 0 Å². The number of halogens is 2. The number of nitrogens with zero attached hydrogens (tertiary/aromatic N) is 4. The van der Waals surface area contributed by atoms with Crippen molar-refractivity contribution in [1.29, 1.82) is 0 Å². The second kappa shape index (κ2) is 9.55. The summed E-state index contributed by atoms with van der Waals surface area (Å²) in [6, 6.07) is 15.9. The normalized spacial score (nSPS) is 14.8. The van der Waals surface area contributed by atoms with Crippen LogP contribution in [0.5, 0.6) is 0 Å². The first-order chi connectivity index (χ1) is 14.9. The summed E-state index contributed by atoms with van der Waals surface area (Å²) in [7, 11) is 0. The number of piperazine rings is 1. The zero-order valence-corrected chi connectivity index (χ0v) is 20.2. The summed E-state index contributed by atoms with van der Waals surface area (Å²) in [6.45, 7) is 8.71. The first-order valence-electron chi connectivity index (χ1n) is 10.5. The van der Waals surface area contributed by atoms with Crippen LogP contribution in [0.15, 0.2) is 53.0 Å². The second-order valence-corrected chi connectivity index (χ2v) is 9.27. The molecule has 2 aromatic carbocycles. The third-order valence-corrected chi connectivity index (χ3v) is 7.14. The molecule has 162 valence electrons. The fraction of sp³-hybridized carbons (Fsp3) is 0.333. The van der Waals surface area contributed by atoms with Gasteiger partial charge in [0, 0.05) is 43.3 Å². The highest BCUT2D eigenvalue weighted by atomic mass is 79.9. The Bertz CT molecular complexity index is 1090. The lowest BCUT2D eigenvalue weighted by atomic mass is 10.1. The van der Waals surface area contributed by atoms with Crippen LogP contribution in [0.3, 0.4) is 0 Å². The van der Waals surface area contributed by atoms with E-state index in [1.165, 1.54) is 5.56 Å². The van der Waals surface area contributed by atoms with E-state index >= 15 is 0 Å². The average Bonchev–Trinajstić information content (AvgIpc) is 3.00. The molecule has 0 atom stereocenters. The number of carbonyl (C=O) groups is 1. The van der Waals surface area contributed by atoms with Crippen molar-refractivity contribution in [2.45, 2.75) is 26.9 Å². The average molecular weight is 502 g/mol. The molecule has 0 aliphatic carbocycles. The molecule has 0 radical (unpaired) electrons. The number of aromatic nitrogens is 2. The molecule has 7 heteroatoms. The quantitative estimate of drug-likeness (QED) is 0.498. The molecule has 5 nitrogen and oxygen atoms in total. The molecule has 0 unspecified atom stereocenters. The first kappa shape index (κ1) is 22.1. The third-order valence-electron chi connectivity index (χ3n) is 5.75. The van der Waals surface area contributed by atoms with Crippen molar-refractivity contribution in [3.63, 3.8) is 0 Å². The molecule has 4 rings (SSSR count). The summed E-state index contributed by atoms with van der Waals surface area (Å²) in [5, 5.41) is 5.34. The van der Waals surface area contributed by atoms with Gasteiger partial charge in [-0.25, -0.2) is 0 Å². The summed E-state index contributed by atoms with van der Waals surface area (Å²) >= 11 is 9.67. The van der Waals surface area contributed by atoms with Crippen molar-refractivity contribution in [2.75, 3.05) is 26.2 Å². The van der Waals surface area contributed by atoms with Gasteiger partial charge in [-0.3, -0.25) is 14.4 Å². The Kier molecular flexibility index (Phi) is 6.80. The Morgan fingerprint density at radius 3 is 2.32 bits per heavy atom. The molecule has 1 aliphatic heterocycles. The van der Waals surface area contributed by atoms with Gasteiger partial charge < -0.3 is 4.90 Å². The van der Waals surface area contributed by atoms with Crippen LogP contribution in [0.2, 0.25) is 5.02 Å². The Hall–Kier alpha value is -2.15. The van der Waals surface area contributed by atoms with Gasteiger partial charge >= 0.3 is 0 Å². The molecule has 1 aliphatic rings. The van der Waals surface area contributed by atoms with E-state index in [9.17, 15) is 4.79 Å². The van der Waals surface area contributed by atoms with Gasteiger partial charge in [-0.2, -0.15) is 5.10 Å². The molecule has 31 heavy (non-hydrogen) atoms. The summed E-state index contributed by atoms with van der Waals surface area (Å²) in [6.07, 6.45) is 0. The zero-order chi connectivity index (χ0) is 22.0. The summed E-state index contributed by atoms with van der Waals surface area (Å²) < 4.78 is 3.01. The van der Waals surface area contributed by atoms with Gasteiger partial charge in [-0.15, -0.1) is 0 Å². The molecule has 0 spiro atoms. The highest BCUT2D eigenvalue weighted by Gasteiger charge is 2.22. The lowest BCUT2D eigenvalue weighted by Gasteiger charge is -2.35. The highest BCUT2D eigenvalue weighted by molar-refractivity contribution is 9.10. The van der Waals surface area contributed by atoms with E-state index in [1.54, 1.807) is 0 Å². The SMILES string of the molecule is Cc1nn(Cc2cccc(C(=O)N3CCN(Cc4cccc(Cl)c4)CC3)c2)c(C)c1Br. The van der Waals surface area contributed by atoms with E-state index in [0.717, 1.165) is 64.7 Å². The molecular weight excluding hydrogens is 476 g/mol. The maximum Gasteiger partial charge on any atom is 0.253 e. The van der Waals surface area contributed by atoms with E-state index in [4.69, 9.17) is 11.6 Å². The van der Waals surface area contributed by atoms with Gasteiger partial charge in [0.2, 0.25) is 0 Å². The van der Waals surface area contributed by atoms with E-state index in [2.05, 4.69) is 32.0 Å². The minimum Gasteiger partial charge on any atom is -0.336 e. The maximum atomic E-state index is 13.1. The molecular formula is C24H26BrClN4O. The van der Waals surface area contributed by atoms with Gasteiger partial charge in [0.05, 0.1) is 22.4 Å². The molecule has 0 bridgehead atoms. The number of carbonyl (C=O) groups excluding carboxylic acids is 1. The van der Waals surface area contributed by atoms with Crippen LogP contribution in [0, 0.1) is 13.8 Å². The van der Waals surface area contributed by atoms with Crippen molar-refractivity contribution in [3.8, 4) is 0 Å². The number of amides is 1. The molecule has 0 N–H and O–H groups in total. The second-order valence-electron chi connectivity index (χ2n) is 8.04. The predicted molar refractivity (Wildman–Crippen MR) is 128 cm³/mol. The van der Waals surface area contributed by atoms with E-state index in [0.29, 0.717) is 6.54 Å². The Morgan fingerprint density at radius 2 is 1.68 bits per heavy atom. The largest absolute Gasteiger partial charge is 0.336 e. The van der Waals surface area contributed by atoms with Crippen LogP contribution in [0.25, 0.3) is 0 Å². The van der Waals surface area contributed by atoms with Gasteiger partial charge in [-0.05, 0) is 65.2 Å². The standard InChI is InChI=1S/C24H26BrClN4O/c1-17-23(25)18(2)30(27-17)16-19-5-3-7-21(13-19)24(31)29-11-9-28(10-12-29)15-20-6-4-8-22(26)14-20/h3-8,13-14H,9-12,15-16H2,1-2H3. The Morgan fingerprint density at radius 1 is 1.00 bits per heavy atom. The molecule has 2 heterocycles. The summed E-state index contributed by atoms with van der Waals surface area (Å²) in [5.41, 5.74) is 5.08. The number of hydrogen-bond donors (Lipinski definition) is 0. The number of rotatable bonds is 5. The van der Waals surface area contributed by atoms with Gasteiger partial charge in [-0.1, -0.05) is 35.9 Å². The van der Waals surface area contributed by atoms with E-state index in [-0.39, 0.29) is 5.91 Å². The van der Waals surface area contributed by atoms with Crippen molar-refractivity contribution in [3.05, 3.63) is 86.1 Å². The van der Waals surface area contributed by atoms with Gasteiger partial charge in [0.25, 0.3) is 5.91 Å². The number of benzene rings is 2. The van der Waals surface area contributed by atoms with Crippen LogP contribution in [-0.2, 0) is 13.1 Å². The smallest absolute Gasteiger partial charge is 0.253 e. The molecule has 0 saturated carbocycles. The lowest BCUT2D eigenvalue weighted by Crippen LogP contribution is -2.48. The summed E-state index contributed by atoms with van der Waals surface area (Å²) in [4.78, 5) is 17.4. The maximum absolute atomic E-state index is 13.1. The van der Waals surface area contributed by atoms with Crippen LogP contribution in [-0.4, -0.2) is 51.7 Å². The van der Waals surface area contributed by atoms with Crippen LogP contribution >= 0.6 is 27.5 Å². The van der Waals surface area contributed by atoms with Gasteiger partial charge in [0.1, 0.15) is 0 Å². The fourth-order valence-corrected chi connectivity index (χ4v) is 4.49. The lowest BCUT2D eigenvalue weighted by molar-refractivity contribution is 0.0628. The van der Waals surface area contributed by atoms with Crippen molar-refractivity contribution >= 4 is 33.4 Å². The van der Waals surface area contributed by atoms with Gasteiger partial charge in [0.15, 0.2) is 0 Å². The number of hydrogen-bond acceptors (Lipinski definition) is 3. The van der Waals surface area contributed by atoms with Crippen LogP contribution in [0.4, 0.5) is 0 Å². The molecule has 1 fully saturated rings. The molecule has 1 aromatic heterocycles. The van der Waals surface area contributed by atoms with Crippen molar-refractivity contribution in [1.82, 2.24) is 19.6 Å². The van der Waals surface area contributed by atoms with Crippen molar-refractivity contribution in [2.24, 2.45) is 0 Å². The minimum absolute atomic E-state index is 0.0961. The monoisotopic (exact) mass is 500 g/mol. The topological polar surface area (TPSA) is 41.4 Å². The van der Waals surface area contributed by atoms with E-state index in [1.807, 2.05) is 65.9 Å². The zero-order valence-electron chi connectivity index (χ0n) is 17.8. The molecule has 1 amide bonds. The molecule has 1 saturated heterocycles. The predicted octanol–water partition coefficient (Wildman–Crippen LogP) is 4.92. The Labute approximate surface area is 196 Å².